The van der Waals surface area contributed by atoms with Gasteiger partial charge in [-0.2, -0.15) is 0 Å². The average molecular weight is 240 g/mol. The molecule has 1 unspecified atom stereocenters. The summed E-state index contributed by atoms with van der Waals surface area (Å²) in [6, 6.07) is 0.712. The Hall–Kier alpha value is -0.0800. The van der Waals surface area contributed by atoms with Gasteiger partial charge in [0.1, 0.15) is 0 Å². The van der Waals surface area contributed by atoms with Crippen LogP contribution in [0.3, 0.4) is 0 Å². The summed E-state index contributed by atoms with van der Waals surface area (Å²) in [5.74, 6) is 0. The minimum Gasteiger partial charge on any atom is -0.312 e. The smallest absolute Gasteiger partial charge is 0.00965 e. The summed E-state index contributed by atoms with van der Waals surface area (Å²) in [6.45, 7) is 17.6. The molecule has 2 heteroatoms. The van der Waals surface area contributed by atoms with E-state index in [0.717, 1.165) is 6.54 Å². The van der Waals surface area contributed by atoms with Gasteiger partial charge in [-0.05, 0) is 65.5 Å². The lowest BCUT2D eigenvalue weighted by molar-refractivity contribution is 0.0805. The van der Waals surface area contributed by atoms with Gasteiger partial charge < -0.3 is 10.2 Å². The summed E-state index contributed by atoms with van der Waals surface area (Å²) in [4.78, 5) is 2.67. The van der Waals surface area contributed by atoms with Crippen molar-refractivity contribution in [1.82, 2.24) is 10.2 Å². The number of hydrogen-bond donors (Lipinski definition) is 1. The summed E-state index contributed by atoms with van der Waals surface area (Å²) in [5, 5.41) is 3.59. The highest BCUT2D eigenvalue weighted by Crippen LogP contribution is 2.29. The molecular weight excluding hydrogens is 208 g/mol. The zero-order valence-corrected chi connectivity index (χ0v) is 12.8. The van der Waals surface area contributed by atoms with E-state index in [-0.39, 0.29) is 5.54 Å². The summed E-state index contributed by atoms with van der Waals surface area (Å²) in [7, 11) is 0. The molecule has 1 aliphatic rings. The van der Waals surface area contributed by atoms with Crippen LogP contribution < -0.4 is 5.32 Å². The third kappa shape index (κ3) is 5.87. The molecule has 0 aliphatic carbocycles. The van der Waals surface area contributed by atoms with E-state index in [1.807, 2.05) is 0 Å². The summed E-state index contributed by atoms with van der Waals surface area (Å²) < 4.78 is 0. The Morgan fingerprint density at radius 1 is 1.29 bits per heavy atom. The monoisotopic (exact) mass is 240 g/mol. The maximum Gasteiger partial charge on any atom is 0.00965 e. The standard InChI is InChI=1S/C15H32N2/c1-13(8-10-16-14(2,3)4)17-11-7-9-15(5,6)12-17/h13,16H,7-12H2,1-6H3. The number of likely N-dealkylation sites (tertiary alicyclic amines) is 1. The molecule has 0 spiro atoms. The number of nitrogens with one attached hydrogen (secondary N) is 1. The molecule has 17 heavy (non-hydrogen) atoms. The molecular formula is C15H32N2. The topological polar surface area (TPSA) is 15.3 Å². The van der Waals surface area contributed by atoms with Gasteiger partial charge in [-0.25, -0.2) is 0 Å². The number of hydrogen-bond acceptors (Lipinski definition) is 2. The van der Waals surface area contributed by atoms with Gasteiger partial charge >= 0.3 is 0 Å². The molecule has 102 valence electrons. The van der Waals surface area contributed by atoms with Crippen molar-refractivity contribution in [2.45, 2.75) is 72.4 Å². The van der Waals surface area contributed by atoms with Gasteiger partial charge in [0, 0.05) is 18.1 Å². The molecule has 1 atom stereocenters. The average Bonchev–Trinajstić information content (AvgIpc) is 2.13. The second-order valence-corrected chi connectivity index (χ2v) is 7.55. The van der Waals surface area contributed by atoms with Gasteiger partial charge in [0.2, 0.25) is 0 Å². The molecule has 0 amide bonds. The van der Waals surface area contributed by atoms with Crippen molar-refractivity contribution in [3.05, 3.63) is 0 Å². The molecule has 1 saturated heterocycles. The molecule has 1 rings (SSSR count). The Morgan fingerprint density at radius 3 is 2.47 bits per heavy atom. The summed E-state index contributed by atoms with van der Waals surface area (Å²) in [6.07, 6.45) is 4.01. The zero-order valence-electron chi connectivity index (χ0n) is 12.8. The lowest BCUT2D eigenvalue weighted by atomic mass is 9.83. The Labute approximate surface area is 108 Å². The Kier molecular flexibility index (Phi) is 5.03. The van der Waals surface area contributed by atoms with Crippen LogP contribution in [0.2, 0.25) is 0 Å². The number of rotatable bonds is 4. The fourth-order valence-electron chi connectivity index (χ4n) is 2.68. The lowest BCUT2D eigenvalue weighted by Gasteiger charge is -2.41. The largest absolute Gasteiger partial charge is 0.312 e. The second-order valence-electron chi connectivity index (χ2n) is 7.55. The molecule has 0 radical (unpaired) electrons. The summed E-state index contributed by atoms with van der Waals surface area (Å²) >= 11 is 0. The quantitative estimate of drug-likeness (QED) is 0.811. The first-order valence-electron chi connectivity index (χ1n) is 7.19. The van der Waals surface area contributed by atoms with Crippen LogP contribution in [-0.2, 0) is 0 Å². The number of piperidine rings is 1. The van der Waals surface area contributed by atoms with Crippen LogP contribution in [0.4, 0.5) is 0 Å². The maximum atomic E-state index is 3.59. The van der Waals surface area contributed by atoms with Gasteiger partial charge in [0.05, 0.1) is 0 Å². The lowest BCUT2D eigenvalue weighted by Crippen LogP contribution is -2.46. The van der Waals surface area contributed by atoms with Crippen LogP contribution in [0, 0.1) is 5.41 Å². The molecule has 0 bridgehead atoms. The second kappa shape index (κ2) is 5.71. The Balaban J connectivity index is 2.30. The zero-order chi connectivity index (χ0) is 13.1. The van der Waals surface area contributed by atoms with Gasteiger partial charge in [-0.1, -0.05) is 13.8 Å². The van der Waals surface area contributed by atoms with E-state index < -0.39 is 0 Å². The van der Waals surface area contributed by atoms with Gasteiger partial charge in [0.25, 0.3) is 0 Å². The fourth-order valence-corrected chi connectivity index (χ4v) is 2.68. The van der Waals surface area contributed by atoms with E-state index in [1.54, 1.807) is 0 Å². The van der Waals surface area contributed by atoms with Gasteiger partial charge in [0.15, 0.2) is 0 Å². The first-order chi connectivity index (χ1) is 7.70. The van der Waals surface area contributed by atoms with Gasteiger partial charge in [-0.15, -0.1) is 0 Å². The van der Waals surface area contributed by atoms with Crippen molar-refractivity contribution in [1.29, 1.82) is 0 Å². The molecule has 0 saturated carbocycles. The molecule has 0 aromatic carbocycles. The molecule has 1 heterocycles. The van der Waals surface area contributed by atoms with Gasteiger partial charge in [-0.3, -0.25) is 0 Å². The van der Waals surface area contributed by atoms with E-state index in [1.165, 1.54) is 32.4 Å². The Morgan fingerprint density at radius 2 is 1.94 bits per heavy atom. The highest BCUT2D eigenvalue weighted by Gasteiger charge is 2.28. The van der Waals surface area contributed by atoms with Crippen LogP contribution in [-0.4, -0.2) is 36.1 Å². The first-order valence-corrected chi connectivity index (χ1v) is 7.19. The van der Waals surface area contributed by atoms with Crippen LogP contribution in [0.25, 0.3) is 0 Å². The molecule has 0 aromatic heterocycles. The fraction of sp³-hybridized carbons (Fsp3) is 1.00. The van der Waals surface area contributed by atoms with Crippen molar-refractivity contribution in [3.8, 4) is 0 Å². The van der Waals surface area contributed by atoms with Crippen LogP contribution in [0.1, 0.15) is 60.8 Å². The van der Waals surface area contributed by atoms with Crippen molar-refractivity contribution < 1.29 is 0 Å². The molecule has 1 aliphatic heterocycles. The van der Waals surface area contributed by atoms with E-state index in [4.69, 9.17) is 0 Å². The van der Waals surface area contributed by atoms with E-state index >= 15 is 0 Å². The third-order valence-corrected chi connectivity index (χ3v) is 3.77. The van der Waals surface area contributed by atoms with Crippen LogP contribution >= 0.6 is 0 Å². The summed E-state index contributed by atoms with van der Waals surface area (Å²) in [5.41, 5.74) is 0.769. The maximum absolute atomic E-state index is 3.59. The van der Waals surface area contributed by atoms with E-state index in [0.29, 0.717) is 11.5 Å². The molecule has 1 N–H and O–H groups in total. The van der Waals surface area contributed by atoms with Crippen molar-refractivity contribution in [3.63, 3.8) is 0 Å². The first kappa shape index (κ1) is 15.0. The van der Waals surface area contributed by atoms with Crippen molar-refractivity contribution in [2.75, 3.05) is 19.6 Å². The number of nitrogens with zero attached hydrogens (tertiary/aromatic N) is 1. The molecule has 0 aromatic rings. The van der Waals surface area contributed by atoms with E-state index in [9.17, 15) is 0 Å². The third-order valence-electron chi connectivity index (χ3n) is 3.77. The molecule has 2 nitrogen and oxygen atoms in total. The highest BCUT2D eigenvalue weighted by molar-refractivity contribution is 4.83. The van der Waals surface area contributed by atoms with Crippen LogP contribution in [0.15, 0.2) is 0 Å². The van der Waals surface area contributed by atoms with Crippen LogP contribution in [0.5, 0.6) is 0 Å². The highest BCUT2D eigenvalue weighted by atomic mass is 15.2. The minimum atomic E-state index is 0.251. The predicted octanol–water partition coefficient (Wildman–Crippen LogP) is 3.28. The van der Waals surface area contributed by atoms with E-state index in [2.05, 4.69) is 51.8 Å². The van der Waals surface area contributed by atoms with Crippen molar-refractivity contribution >= 4 is 0 Å². The minimum absolute atomic E-state index is 0.251. The predicted molar refractivity (Wildman–Crippen MR) is 76.4 cm³/mol. The Bertz CT molecular complexity index is 228. The van der Waals surface area contributed by atoms with Crippen molar-refractivity contribution in [2.24, 2.45) is 5.41 Å². The normalized spacial score (nSPS) is 23.6. The molecule has 1 fully saturated rings. The SMILES string of the molecule is CC(CCNC(C)(C)C)N1CCCC(C)(C)C1.